The molecule has 2 heterocycles. The summed E-state index contributed by atoms with van der Waals surface area (Å²) in [5, 5.41) is 4.36. The summed E-state index contributed by atoms with van der Waals surface area (Å²) in [5.74, 6) is 0.307. The fraction of sp³-hybridized carbons (Fsp3) is 0.500. The first-order chi connectivity index (χ1) is 10.3. The quantitative estimate of drug-likeness (QED) is 0.833. The minimum Gasteiger partial charge on any atom is -0.361 e. The number of amides is 1. The van der Waals surface area contributed by atoms with Gasteiger partial charge in [0.05, 0.1) is 10.2 Å². The van der Waals surface area contributed by atoms with Crippen LogP contribution in [0.2, 0.25) is 0 Å². The minimum absolute atomic E-state index is 0.307. The highest BCUT2D eigenvalue weighted by Gasteiger charge is 2.18. The van der Waals surface area contributed by atoms with Crippen LogP contribution in [-0.4, -0.2) is 35.4 Å². The molecule has 1 fully saturated rings. The summed E-state index contributed by atoms with van der Waals surface area (Å²) in [5.41, 5.74) is 2.42. The maximum atomic E-state index is 11.5. The van der Waals surface area contributed by atoms with E-state index in [1.165, 1.54) is 10.3 Å². The smallest absolute Gasteiger partial charge is 0.222 e. The summed E-state index contributed by atoms with van der Waals surface area (Å²) in [4.78, 5) is 18.1. The number of carbonyl (C=O) groups excluding carboxylic acids is 1. The first kappa shape index (κ1) is 14.3. The van der Waals surface area contributed by atoms with E-state index >= 15 is 0 Å². The van der Waals surface area contributed by atoms with E-state index in [-0.39, 0.29) is 0 Å². The third-order valence-corrected chi connectivity index (χ3v) is 4.89. The van der Waals surface area contributed by atoms with Gasteiger partial charge in [-0.25, -0.2) is 4.98 Å². The van der Waals surface area contributed by atoms with Crippen molar-refractivity contribution in [2.24, 2.45) is 0 Å². The van der Waals surface area contributed by atoms with Crippen LogP contribution < -0.4 is 5.32 Å². The van der Waals surface area contributed by atoms with Gasteiger partial charge >= 0.3 is 0 Å². The number of aromatic nitrogens is 1. The number of thiazole rings is 1. The summed E-state index contributed by atoms with van der Waals surface area (Å²) in [6.45, 7) is 4.82. The van der Waals surface area contributed by atoms with Crippen LogP contribution in [0.5, 0.6) is 0 Å². The largest absolute Gasteiger partial charge is 0.361 e. The second-order valence-electron chi connectivity index (χ2n) is 5.44. The number of nitrogens with one attached hydrogen (secondary N) is 1. The zero-order valence-electron chi connectivity index (χ0n) is 12.4. The van der Waals surface area contributed by atoms with Crippen LogP contribution in [0.25, 0.3) is 10.2 Å². The van der Waals surface area contributed by atoms with E-state index in [2.05, 4.69) is 35.4 Å². The van der Waals surface area contributed by atoms with Gasteiger partial charge in [-0.1, -0.05) is 24.3 Å². The van der Waals surface area contributed by atoms with E-state index < -0.39 is 0 Å². The Bertz CT molecular complexity index is 637. The van der Waals surface area contributed by atoms with Gasteiger partial charge in [0, 0.05) is 26.1 Å². The van der Waals surface area contributed by atoms with Gasteiger partial charge in [0.1, 0.15) is 0 Å². The molecule has 0 aliphatic carbocycles. The Balaban J connectivity index is 1.52. The van der Waals surface area contributed by atoms with Crippen molar-refractivity contribution in [3.63, 3.8) is 0 Å². The number of aryl methyl sites for hydroxylation is 1. The zero-order valence-corrected chi connectivity index (χ0v) is 13.2. The summed E-state index contributed by atoms with van der Waals surface area (Å²) < 4.78 is 1.24. The number of fused-ring (bicyclic) bond motifs is 1. The summed E-state index contributed by atoms with van der Waals surface area (Å²) in [7, 11) is 0. The molecule has 0 radical (unpaired) electrons. The lowest BCUT2D eigenvalue weighted by Gasteiger charge is -2.14. The van der Waals surface area contributed by atoms with Crippen molar-refractivity contribution in [2.45, 2.75) is 32.6 Å². The average molecular weight is 303 g/mol. The monoisotopic (exact) mass is 303 g/mol. The third-order valence-electron chi connectivity index (χ3n) is 3.91. The Morgan fingerprint density at radius 2 is 2.33 bits per heavy atom. The van der Waals surface area contributed by atoms with Crippen molar-refractivity contribution in [3.8, 4) is 0 Å². The zero-order chi connectivity index (χ0) is 14.7. The Kier molecular flexibility index (Phi) is 4.39. The van der Waals surface area contributed by atoms with E-state index in [4.69, 9.17) is 0 Å². The Hall–Kier alpha value is -1.62. The number of rotatable bonds is 6. The highest BCUT2D eigenvalue weighted by atomic mass is 32.1. The van der Waals surface area contributed by atoms with Crippen molar-refractivity contribution in [1.82, 2.24) is 9.88 Å². The molecule has 0 bridgehead atoms. The number of hydrogen-bond donors (Lipinski definition) is 1. The maximum absolute atomic E-state index is 11.5. The van der Waals surface area contributed by atoms with Crippen LogP contribution in [0.4, 0.5) is 5.13 Å². The number of benzene rings is 1. The van der Waals surface area contributed by atoms with Gasteiger partial charge in [0.25, 0.3) is 0 Å². The fourth-order valence-corrected chi connectivity index (χ4v) is 3.63. The molecule has 112 valence electrons. The average Bonchev–Trinajstić information content (AvgIpc) is 3.08. The molecule has 0 atom stereocenters. The molecule has 3 rings (SSSR count). The SMILES string of the molecule is CCc1ccc2nc(NCCCN3CCCC3=O)sc2c1. The van der Waals surface area contributed by atoms with E-state index in [1.54, 1.807) is 11.3 Å². The lowest BCUT2D eigenvalue weighted by Crippen LogP contribution is -2.26. The van der Waals surface area contributed by atoms with Crippen molar-refractivity contribution < 1.29 is 4.79 Å². The second-order valence-corrected chi connectivity index (χ2v) is 6.47. The number of likely N-dealkylation sites (tertiary alicyclic amines) is 1. The van der Waals surface area contributed by atoms with Gasteiger partial charge in [0.15, 0.2) is 5.13 Å². The van der Waals surface area contributed by atoms with Gasteiger partial charge in [-0.15, -0.1) is 0 Å². The van der Waals surface area contributed by atoms with E-state index in [9.17, 15) is 4.79 Å². The van der Waals surface area contributed by atoms with Crippen LogP contribution >= 0.6 is 11.3 Å². The first-order valence-electron chi connectivity index (χ1n) is 7.67. The van der Waals surface area contributed by atoms with Crippen LogP contribution in [0.1, 0.15) is 31.7 Å². The molecule has 1 aliphatic heterocycles. The number of hydrogen-bond acceptors (Lipinski definition) is 4. The molecule has 1 N–H and O–H groups in total. The van der Waals surface area contributed by atoms with Crippen molar-refractivity contribution in [1.29, 1.82) is 0 Å². The molecule has 1 saturated heterocycles. The molecular weight excluding hydrogens is 282 g/mol. The molecule has 4 nitrogen and oxygen atoms in total. The molecule has 0 saturated carbocycles. The van der Waals surface area contributed by atoms with Gasteiger partial charge < -0.3 is 10.2 Å². The number of anilines is 1. The molecular formula is C16H21N3OS. The Morgan fingerprint density at radius 1 is 1.43 bits per heavy atom. The van der Waals surface area contributed by atoms with Crippen molar-refractivity contribution in [2.75, 3.05) is 25.0 Å². The molecule has 5 heteroatoms. The van der Waals surface area contributed by atoms with E-state index in [1.807, 2.05) is 4.90 Å². The Morgan fingerprint density at radius 3 is 3.10 bits per heavy atom. The van der Waals surface area contributed by atoms with Crippen LogP contribution in [-0.2, 0) is 11.2 Å². The summed E-state index contributed by atoms with van der Waals surface area (Å²) >= 11 is 1.71. The molecule has 1 aromatic carbocycles. The molecule has 2 aromatic rings. The number of carbonyl (C=O) groups is 1. The highest BCUT2D eigenvalue weighted by molar-refractivity contribution is 7.22. The summed E-state index contributed by atoms with van der Waals surface area (Å²) in [6, 6.07) is 6.46. The van der Waals surface area contributed by atoms with Crippen LogP contribution in [0.3, 0.4) is 0 Å². The second kappa shape index (κ2) is 6.43. The van der Waals surface area contributed by atoms with Gasteiger partial charge in [-0.3, -0.25) is 4.79 Å². The topological polar surface area (TPSA) is 45.2 Å². The van der Waals surface area contributed by atoms with E-state index in [0.29, 0.717) is 5.91 Å². The molecule has 0 unspecified atom stereocenters. The molecule has 1 aliphatic rings. The predicted octanol–water partition coefficient (Wildman–Crippen LogP) is 3.28. The first-order valence-corrected chi connectivity index (χ1v) is 8.49. The van der Waals surface area contributed by atoms with Gasteiger partial charge in [-0.2, -0.15) is 0 Å². The van der Waals surface area contributed by atoms with Crippen molar-refractivity contribution >= 4 is 32.6 Å². The van der Waals surface area contributed by atoms with Gasteiger partial charge in [0.2, 0.25) is 5.91 Å². The normalized spacial score (nSPS) is 15.1. The fourth-order valence-electron chi connectivity index (χ4n) is 2.67. The van der Waals surface area contributed by atoms with Gasteiger partial charge in [-0.05, 0) is 37.0 Å². The molecule has 0 spiro atoms. The molecule has 21 heavy (non-hydrogen) atoms. The third kappa shape index (κ3) is 3.35. The van der Waals surface area contributed by atoms with E-state index in [0.717, 1.165) is 56.0 Å². The standard InChI is InChI=1S/C16H21N3OS/c1-2-12-6-7-13-14(11-12)21-16(18-13)17-8-4-10-19-9-3-5-15(19)20/h6-7,11H,2-5,8-10H2,1H3,(H,17,18). The lowest BCUT2D eigenvalue weighted by atomic mass is 10.2. The van der Waals surface area contributed by atoms with Crippen LogP contribution in [0.15, 0.2) is 18.2 Å². The molecule has 1 amide bonds. The maximum Gasteiger partial charge on any atom is 0.222 e. The molecule has 1 aromatic heterocycles. The number of nitrogens with zero attached hydrogens (tertiary/aromatic N) is 2. The van der Waals surface area contributed by atoms with Crippen LogP contribution in [0, 0.1) is 0 Å². The highest BCUT2D eigenvalue weighted by Crippen LogP contribution is 2.26. The predicted molar refractivity (Wildman–Crippen MR) is 87.9 cm³/mol. The summed E-state index contributed by atoms with van der Waals surface area (Å²) in [6.07, 6.45) is 3.78. The van der Waals surface area contributed by atoms with Crippen molar-refractivity contribution in [3.05, 3.63) is 23.8 Å². The Labute approximate surface area is 129 Å². The lowest BCUT2D eigenvalue weighted by molar-refractivity contribution is -0.127. The minimum atomic E-state index is 0.307.